The van der Waals surface area contributed by atoms with E-state index in [1.807, 2.05) is 30.3 Å². The van der Waals surface area contributed by atoms with E-state index in [1.165, 1.54) is 11.6 Å². The van der Waals surface area contributed by atoms with Crippen LogP contribution in [-0.4, -0.2) is 5.91 Å². The fourth-order valence-corrected chi connectivity index (χ4v) is 2.29. The summed E-state index contributed by atoms with van der Waals surface area (Å²) in [7, 11) is 0. The maximum atomic E-state index is 11.9. The Morgan fingerprint density at radius 3 is 2.50 bits per heavy atom. The first-order valence-electron chi connectivity index (χ1n) is 7.43. The third-order valence-corrected chi connectivity index (χ3v) is 4.02. The molecule has 3 heteroatoms. The average molecular weight is 314 g/mol. The van der Waals surface area contributed by atoms with Crippen LogP contribution in [0.1, 0.15) is 37.3 Å². The number of halogens is 1. The third-order valence-electron chi connectivity index (χ3n) is 3.68. The quantitative estimate of drug-likeness (QED) is 0.725. The lowest BCUT2D eigenvalue weighted by molar-refractivity contribution is -0.111. The van der Waals surface area contributed by atoms with Crippen molar-refractivity contribution < 1.29 is 4.79 Å². The smallest absolute Gasteiger partial charge is 0.248 e. The maximum absolute atomic E-state index is 11.9. The van der Waals surface area contributed by atoms with E-state index >= 15 is 0 Å². The first kappa shape index (κ1) is 16.3. The Kier molecular flexibility index (Phi) is 5.79. The molecule has 22 heavy (non-hydrogen) atoms. The van der Waals surface area contributed by atoms with Crippen molar-refractivity contribution in [2.24, 2.45) is 0 Å². The van der Waals surface area contributed by atoms with E-state index in [9.17, 15) is 4.79 Å². The molecule has 0 heterocycles. The van der Waals surface area contributed by atoms with Crippen molar-refractivity contribution in [3.05, 3.63) is 70.8 Å². The van der Waals surface area contributed by atoms with Crippen LogP contribution in [0.2, 0.25) is 5.02 Å². The predicted molar refractivity (Wildman–Crippen MR) is 94.3 cm³/mol. The molecule has 0 bridgehead atoms. The highest BCUT2D eigenvalue weighted by molar-refractivity contribution is 6.32. The van der Waals surface area contributed by atoms with Gasteiger partial charge in [0.15, 0.2) is 0 Å². The highest BCUT2D eigenvalue weighted by Crippen LogP contribution is 2.20. The van der Waals surface area contributed by atoms with Crippen molar-refractivity contribution in [2.75, 3.05) is 5.32 Å². The van der Waals surface area contributed by atoms with Gasteiger partial charge in [0.2, 0.25) is 5.91 Å². The number of hydrogen-bond donors (Lipinski definition) is 1. The van der Waals surface area contributed by atoms with E-state index in [0.717, 1.165) is 17.7 Å². The molecular weight excluding hydrogens is 294 g/mol. The number of nitrogens with one attached hydrogen (secondary N) is 1. The number of rotatable bonds is 5. The Balaban J connectivity index is 1.99. The number of hydrogen-bond acceptors (Lipinski definition) is 1. The van der Waals surface area contributed by atoms with Crippen molar-refractivity contribution in [1.82, 2.24) is 0 Å². The van der Waals surface area contributed by atoms with E-state index in [4.69, 9.17) is 11.6 Å². The van der Waals surface area contributed by atoms with E-state index in [1.54, 1.807) is 12.1 Å². The van der Waals surface area contributed by atoms with Gasteiger partial charge in [0.25, 0.3) is 0 Å². The van der Waals surface area contributed by atoms with Crippen molar-refractivity contribution in [1.29, 1.82) is 0 Å². The van der Waals surface area contributed by atoms with Gasteiger partial charge in [-0.25, -0.2) is 0 Å². The summed E-state index contributed by atoms with van der Waals surface area (Å²) in [5, 5.41) is 3.48. The number of amides is 1. The second-order valence-corrected chi connectivity index (χ2v) is 5.68. The summed E-state index contributed by atoms with van der Waals surface area (Å²) in [5.74, 6) is 0.362. The standard InChI is InChI=1S/C19H20ClNO/c1-3-14(2)15-8-11-17(12-9-15)21-19(22)13-10-16-6-4-5-7-18(16)20/h4-14H,3H2,1-2H3,(H,21,22)/b13-10+. The van der Waals surface area contributed by atoms with Crippen LogP contribution >= 0.6 is 11.6 Å². The van der Waals surface area contributed by atoms with Crippen molar-refractivity contribution in [3.63, 3.8) is 0 Å². The Hall–Kier alpha value is -2.06. The molecule has 0 aliphatic carbocycles. The van der Waals surface area contributed by atoms with Crippen LogP contribution in [0.4, 0.5) is 5.69 Å². The highest BCUT2D eigenvalue weighted by atomic mass is 35.5. The van der Waals surface area contributed by atoms with Crippen LogP contribution < -0.4 is 5.32 Å². The van der Waals surface area contributed by atoms with Gasteiger partial charge in [-0.3, -0.25) is 4.79 Å². The topological polar surface area (TPSA) is 29.1 Å². The molecule has 0 aliphatic heterocycles. The van der Waals surface area contributed by atoms with Crippen molar-refractivity contribution in [2.45, 2.75) is 26.2 Å². The summed E-state index contributed by atoms with van der Waals surface area (Å²) in [6.45, 7) is 4.36. The Morgan fingerprint density at radius 1 is 1.18 bits per heavy atom. The maximum Gasteiger partial charge on any atom is 0.248 e. The van der Waals surface area contributed by atoms with Crippen LogP contribution in [0.15, 0.2) is 54.6 Å². The lowest BCUT2D eigenvalue weighted by atomic mass is 9.99. The predicted octanol–water partition coefficient (Wildman–Crippen LogP) is 5.51. The van der Waals surface area contributed by atoms with E-state index in [-0.39, 0.29) is 5.91 Å². The SMILES string of the molecule is CCC(C)c1ccc(NC(=O)/C=C/c2ccccc2Cl)cc1. The zero-order valence-electron chi connectivity index (χ0n) is 12.8. The molecule has 0 aliphatic rings. The summed E-state index contributed by atoms with van der Waals surface area (Å²) >= 11 is 6.05. The number of carbonyl (C=O) groups excluding carboxylic acids is 1. The molecule has 2 rings (SSSR count). The molecule has 0 radical (unpaired) electrons. The molecule has 2 nitrogen and oxygen atoms in total. The third kappa shape index (κ3) is 4.47. The van der Waals surface area contributed by atoms with Crippen LogP contribution in [0.25, 0.3) is 6.08 Å². The van der Waals surface area contributed by atoms with Gasteiger partial charge >= 0.3 is 0 Å². The van der Waals surface area contributed by atoms with Gasteiger partial charge < -0.3 is 5.32 Å². The molecule has 1 unspecified atom stereocenters. The fourth-order valence-electron chi connectivity index (χ4n) is 2.09. The highest BCUT2D eigenvalue weighted by Gasteiger charge is 2.03. The Bertz CT molecular complexity index is 661. The molecule has 2 aromatic carbocycles. The summed E-state index contributed by atoms with van der Waals surface area (Å²) in [6.07, 6.45) is 4.31. The van der Waals surface area contributed by atoms with Gasteiger partial charge in [-0.05, 0) is 47.7 Å². The minimum absolute atomic E-state index is 0.170. The minimum Gasteiger partial charge on any atom is -0.323 e. The van der Waals surface area contributed by atoms with Crippen LogP contribution in [0.3, 0.4) is 0 Å². The van der Waals surface area contributed by atoms with Crippen molar-refractivity contribution >= 4 is 29.3 Å². The first-order chi connectivity index (χ1) is 10.6. The van der Waals surface area contributed by atoms with Gasteiger partial charge in [-0.15, -0.1) is 0 Å². The fraction of sp³-hybridized carbons (Fsp3) is 0.211. The van der Waals surface area contributed by atoms with Gasteiger partial charge in [-0.1, -0.05) is 55.8 Å². The average Bonchev–Trinajstić information content (AvgIpc) is 2.54. The van der Waals surface area contributed by atoms with Gasteiger partial charge in [0, 0.05) is 16.8 Å². The summed E-state index contributed by atoms with van der Waals surface area (Å²) < 4.78 is 0. The van der Waals surface area contributed by atoms with Crippen LogP contribution in [0.5, 0.6) is 0 Å². The molecule has 0 spiro atoms. The second-order valence-electron chi connectivity index (χ2n) is 5.28. The molecule has 114 valence electrons. The molecule has 1 atom stereocenters. The molecule has 1 N–H and O–H groups in total. The van der Waals surface area contributed by atoms with Gasteiger partial charge in [0.05, 0.1) is 0 Å². The van der Waals surface area contributed by atoms with E-state index < -0.39 is 0 Å². The van der Waals surface area contributed by atoms with Gasteiger partial charge in [0.1, 0.15) is 0 Å². The van der Waals surface area contributed by atoms with E-state index in [0.29, 0.717) is 10.9 Å². The minimum atomic E-state index is -0.170. The summed E-state index contributed by atoms with van der Waals surface area (Å²) in [5.41, 5.74) is 2.90. The zero-order chi connectivity index (χ0) is 15.9. The van der Waals surface area contributed by atoms with Crippen molar-refractivity contribution in [3.8, 4) is 0 Å². The number of carbonyl (C=O) groups is 1. The molecule has 0 fully saturated rings. The summed E-state index contributed by atoms with van der Waals surface area (Å²) in [6, 6.07) is 15.4. The van der Waals surface area contributed by atoms with Crippen LogP contribution in [-0.2, 0) is 4.79 Å². The first-order valence-corrected chi connectivity index (χ1v) is 7.81. The molecule has 2 aromatic rings. The number of anilines is 1. The lowest BCUT2D eigenvalue weighted by Crippen LogP contribution is -2.07. The zero-order valence-corrected chi connectivity index (χ0v) is 13.6. The molecule has 0 saturated heterocycles. The summed E-state index contributed by atoms with van der Waals surface area (Å²) in [4.78, 5) is 11.9. The number of benzene rings is 2. The van der Waals surface area contributed by atoms with Gasteiger partial charge in [-0.2, -0.15) is 0 Å². The van der Waals surface area contributed by atoms with E-state index in [2.05, 4.69) is 31.3 Å². The monoisotopic (exact) mass is 313 g/mol. The molecular formula is C19H20ClNO. The molecule has 0 aromatic heterocycles. The largest absolute Gasteiger partial charge is 0.323 e. The Labute approximate surface area is 136 Å². The molecule has 1 amide bonds. The molecule has 0 saturated carbocycles. The Morgan fingerprint density at radius 2 is 1.86 bits per heavy atom. The van der Waals surface area contributed by atoms with Crippen LogP contribution in [0, 0.1) is 0 Å². The normalized spacial score (nSPS) is 12.3. The lowest BCUT2D eigenvalue weighted by Gasteiger charge is -2.09. The second kappa shape index (κ2) is 7.81.